The maximum absolute atomic E-state index is 12.0. The van der Waals surface area contributed by atoms with Gasteiger partial charge in [-0.15, -0.1) is 11.3 Å². The highest BCUT2D eigenvalue weighted by molar-refractivity contribution is 7.14. The fourth-order valence-corrected chi connectivity index (χ4v) is 2.16. The van der Waals surface area contributed by atoms with Crippen LogP contribution in [0.15, 0.2) is 26.9 Å². The smallest absolute Gasteiger partial charge is 0.408 e. The summed E-state index contributed by atoms with van der Waals surface area (Å²) < 4.78 is 41.4. The van der Waals surface area contributed by atoms with Crippen LogP contribution >= 0.6 is 11.3 Å². The van der Waals surface area contributed by atoms with Crippen molar-refractivity contribution < 1.29 is 17.6 Å². The minimum absolute atomic E-state index is 0.145. The highest BCUT2D eigenvalue weighted by atomic mass is 32.1. The van der Waals surface area contributed by atoms with Crippen LogP contribution in [0.4, 0.5) is 18.3 Å². The topological polar surface area (TPSA) is 100 Å². The highest BCUT2D eigenvalue weighted by Gasteiger charge is 2.26. The van der Waals surface area contributed by atoms with Gasteiger partial charge in [-0.1, -0.05) is 0 Å². The first-order valence-electron chi connectivity index (χ1n) is 5.92. The van der Waals surface area contributed by atoms with Crippen molar-refractivity contribution in [1.82, 2.24) is 4.98 Å². The van der Waals surface area contributed by atoms with Crippen molar-refractivity contribution in [2.75, 3.05) is 11.9 Å². The second-order valence-corrected chi connectivity index (χ2v) is 4.94. The van der Waals surface area contributed by atoms with E-state index in [2.05, 4.69) is 15.3 Å². The quantitative estimate of drug-likeness (QED) is 0.663. The van der Waals surface area contributed by atoms with E-state index in [0.717, 1.165) is 11.3 Å². The van der Waals surface area contributed by atoms with Crippen molar-refractivity contribution in [3.05, 3.63) is 23.3 Å². The summed E-state index contributed by atoms with van der Waals surface area (Å²) in [6, 6.07) is 5.27. The maximum Gasteiger partial charge on any atom is 0.408 e. The van der Waals surface area contributed by atoms with Gasteiger partial charge in [-0.25, -0.2) is 9.98 Å². The molecule has 6 nitrogen and oxygen atoms in total. The molecule has 0 unspecified atom stereocenters. The third-order valence-corrected chi connectivity index (χ3v) is 3.09. The van der Waals surface area contributed by atoms with E-state index in [1.165, 1.54) is 0 Å². The molecule has 0 fully saturated rings. The Morgan fingerprint density at radius 2 is 2.27 bits per heavy atom. The summed E-state index contributed by atoms with van der Waals surface area (Å²) >= 11 is 1.14. The van der Waals surface area contributed by atoms with Gasteiger partial charge in [0.1, 0.15) is 18.0 Å². The average molecular weight is 329 g/mol. The molecule has 0 aliphatic carbocycles. The predicted molar refractivity (Wildman–Crippen MR) is 75.3 cm³/mol. The Hall–Kier alpha value is -2.54. The van der Waals surface area contributed by atoms with Crippen molar-refractivity contribution in [2.45, 2.75) is 12.6 Å². The van der Waals surface area contributed by atoms with Crippen LogP contribution in [0.25, 0.3) is 11.5 Å². The summed E-state index contributed by atoms with van der Waals surface area (Å²) in [7, 11) is 0. The third kappa shape index (κ3) is 4.49. The van der Waals surface area contributed by atoms with E-state index >= 15 is 0 Å². The number of nitrogens with zero attached hydrogens (tertiary/aromatic N) is 3. The Kier molecular flexibility index (Phi) is 4.67. The molecule has 2 aromatic heterocycles. The minimum atomic E-state index is -4.41. The standard InChI is InChI=1S/C12H10F3N5OS/c13-12(14,15)6-18-10(17)20-11-19-8(5-22-11)9-2-1-7(21-9)3-4-16/h1-2,5H,3,6H2,(H3,17,18,19,20). The Bertz CT molecular complexity index is 713. The summed E-state index contributed by atoms with van der Waals surface area (Å²) in [5.74, 6) is 0.592. The third-order valence-electron chi connectivity index (χ3n) is 2.34. The molecule has 0 amide bonds. The van der Waals surface area contributed by atoms with Crippen LogP contribution in [0, 0.1) is 11.3 Å². The number of thiazole rings is 1. The van der Waals surface area contributed by atoms with Gasteiger partial charge in [0.15, 0.2) is 16.9 Å². The Balaban J connectivity index is 2.03. The number of guanidine groups is 1. The molecule has 2 aromatic rings. The van der Waals surface area contributed by atoms with E-state index in [1.807, 2.05) is 6.07 Å². The first-order valence-corrected chi connectivity index (χ1v) is 6.80. The van der Waals surface area contributed by atoms with Gasteiger partial charge in [-0.05, 0) is 12.1 Å². The summed E-state index contributed by atoms with van der Waals surface area (Å²) in [5, 5.41) is 13.0. The minimum Gasteiger partial charge on any atom is -0.458 e. The number of hydrogen-bond acceptors (Lipinski definition) is 5. The van der Waals surface area contributed by atoms with Gasteiger partial charge in [-0.2, -0.15) is 18.4 Å². The van der Waals surface area contributed by atoms with Crippen LogP contribution in [-0.4, -0.2) is 23.7 Å². The molecular formula is C12H10F3N5OS. The fourth-order valence-electron chi connectivity index (χ4n) is 1.46. The molecule has 22 heavy (non-hydrogen) atoms. The summed E-state index contributed by atoms with van der Waals surface area (Å²) in [4.78, 5) is 7.29. The zero-order valence-electron chi connectivity index (χ0n) is 11.0. The number of aromatic nitrogens is 1. The summed E-state index contributed by atoms with van der Waals surface area (Å²) in [5.41, 5.74) is 5.84. The first kappa shape index (κ1) is 15.8. The number of furan rings is 1. The van der Waals surface area contributed by atoms with Crippen molar-refractivity contribution >= 4 is 22.4 Å². The number of nitrogens with two attached hydrogens (primary N) is 1. The van der Waals surface area contributed by atoms with Crippen molar-refractivity contribution in [2.24, 2.45) is 10.7 Å². The Labute approximate surface area is 127 Å². The number of rotatable bonds is 4. The Morgan fingerprint density at radius 3 is 2.95 bits per heavy atom. The van der Waals surface area contributed by atoms with Crippen molar-refractivity contribution in [3.8, 4) is 17.5 Å². The number of nitriles is 1. The SMILES string of the molecule is N#CCc1ccc(-c2csc(NC(N)=NCC(F)(F)F)n2)o1. The maximum atomic E-state index is 12.0. The monoisotopic (exact) mass is 329 g/mol. The second-order valence-electron chi connectivity index (χ2n) is 4.08. The molecule has 10 heteroatoms. The average Bonchev–Trinajstić information content (AvgIpc) is 3.05. The van der Waals surface area contributed by atoms with Crippen molar-refractivity contribution in [3.63, 3.8) is 0 Å². The van der Waals surface area contributed by atoms with E-state index in [9.17, 15) is 13.2 Å². The molecule has 0 aromatic carbocycles. The van der Waals surface area contributed by atoms with E-state index in [0.29, 0.717) is 17.2 Å². The van der Waals surface area contributed by atoms with Gasteiger partial charge < -0.3 is 15.5 Å². The lowest BCUT2D eigenvalue weighted by atomic mass is 10.3. The van der Waals surface area contributed by atoms with E-state index < -0.39 is 12.7 Å². The molecule has 0 radical (unpaired) electrons. The van der Waals surface area contributed by atoms with Gasteiger partial charge in [0.25, 0.3) is 0 Å². The van der Waals surface area contributed by atoms with Crippen LogP contribution in [0.5, 0.6) is 0 Å². The van der Waals surface area contributed by atoms with Gasteiger partial charge in [-0.3, -0.25) is 0 Å². The molecular weight excluding hydrogens is 319 g/mol. The number of alkyl halides is 3. The summed E-state index contributed by atoms with van der Waals surface area (Å²) in [6.07, 6.45) is -4.27. The van der Waals surface area contributed by atoms with Crippen LogP contribution in [0.1, 0.15) is 5.76 Å². The second kappa shape index (κ2) is 6.48. The first-order chi connectivity index (χ1) is 10.4. The molecule has 0 atom stereocenters. The molecule has 0 spiro atoms. The molecule has 0 aliphatic rings. The molecule has 0 saturated carbocycles. The molecule has 0 aliphatic heterocycles. The number of aliphatic imine (C=N–C) groups is 1. The number of anilines is 1. The number of nitrogens with one attached hydrogen (secondary N) is 1. The van der Waals surface area contributed by atoms with Crippen LogP contribution in [0.2, 0.25) is 0 Å². The number of halogens is 3. The van der Waals surface area contributed by atoms with Gasteiger partial charge >= 0.3 is 6.18 Å². The molecule has 3 N–H and O–H groups in total. The summed E-state index contributed by atoms with van der Waals surface area (Å²) in [6.45, 7) is -1.36. The fraction of sp³-hybridized carbons (Fsp3) is 0.250. The van der Waals surface area contributed by atoms with Crippen LogP contribution in [0.3, 0.4) is 0 Å². The van der Waals surface area contributed by atoms with E-state index in [-0.39, 0.29) is 17.5 Å². The van der Waals surface area contributed by atoms with Crippen LogP contribution in [-0.2, 0) is 6.42 Å². The van der Waals surface area contributed by atoms with Crippen LogP contribution < -0.4 is 11.1 Å². The molecule has 2 heterocycles. The van der Waals surface area contributed by atoms with E-state index in [4.69, 9.17) is 15.4 Å². The van der Waals surface area contributed by atoms with Gasteiger partial charge in [0.05, 0.1) is 12.5 Å². The van der Waals surface area contributed by atoms with Gasteiger partial charge in [0, 0.05) is 5.38 Å². The molecule has 0 bridgehead atoms. The van der Waals surface area contributed by atoms with E-state index in [1.54, 1.807) is 17.5 Å². The Morgan fingerprint density at radius 1 is 1.50 bits per heavy atom. The lowest BCUT2D eigenvalue weighted by molar-refractivity contribution is -0.118. The molecule has 116 valence electrons. The lowest BCUT2D eigenvalue weighted by Crippen LogP contribution is -2.25. The number of hydrogen-bond donors (Lipinski definition) is 2. The predicted octanol–water partition coefficient (Wildman–Crippen LogP) is 2.76. The highest BCUT2D eigenvalue weighted by Crippen LogP contribution is 2.26. The van der Waals surface area contributed by atoms with Gasteiger partial charge in [0.2, 0.25) is 0 Å². The normalized spacial score (nSPS) is 12.2. The zero-order chi connectivity index (χ0) is 16.2. The zero-order valence-corrected chi connectivity index (χ0v) is 11.8. The largest absolute Gasteiger partial charge is 0.458 e. The molecule has 0 saturated heterocycles. The lowest BCUT2D eigenvalue weighted by Gasteiger charge is -2.04. The van der Waals surface area contributed by atoms with Crippen molar-refractivity contribution in [1.29, 1.82) is 5.26 Å². The molecule has 2 rings (SSSR count).